The van der Waals surface area contributed by atoms with Crippen LogP contribution in [0.25, 0.3) is 11.4 Å². The Bertz CT molecular complexity index is 517. The summed E-state index contributed by atoms with van der Waals surface area (Å²) in [5.74, 6) is 1.73. The van der Waals surface area contributed by atoms with E-state index in [4.69, 9.17) is 10.5 Å². The summed E-state index contributed by atoms with van der Waals surface area (Å²) < 4.78 is 7.22. The topological polar surface area (TPSA) is 53.1 Å². The SMILES string of the molecule is COc1cccc(-c2ncc(C(C)N)n2C)c1. The lowest BCUT2D eigenvalue weighted by molar-refractivity contribution is 0.415. The van der Waals surface area contributed by atoms with Gasteiger partial charge in [0.25, 0.3) is 0 Å². The van der Waals surface area contributed by atoms with Crippen molar-refractivity contribution in [3.05, 3.63) is 36.2 Å². The van der Waals surface area contributed by atoms with Gasteiger partial charge in [0, 0.05) is 18.7 Å². The summed E-state index contributed by atoms with van der Waals surface area (Å²) >= 11 is 0. The van der Waals surface area contributed by atoms with Crippen LogP contribution in [0.2, 0.25) is 0 Å². The highest BCUT2D eigenvalue weighted by atomic mass is 16.5. The van der Waals surface area contributed by atoms with Gasteiger partial charge >= 0.3 is 0 Å². The number of aromatic nitrogens is 2. The van der Waals surface area contributed by atoms with E-state index in [-0.39, 0.29) is 6.04 Å². The zero-order chi connectivity index (χ0) is 12.4. The smallest absolute Gasteiger partial charge is 0.140 e. The van der Waals surface area contributed by atoms with E-state index >= 15 is 0 Å². The van der Waals surface area contributed by atoms with E-state index in [2.05, 4.69) is 4.98 Å². The minimum absolute atomic E-state index is 0.0214. The van der Waals surface area contributed by atoms with E-state index in [0.29, 0.717) is 0 Å². The largest absolute Gasteiger partial charge is 0.497 e. The third-order valence-electron chi connectivity index (χ3n) is 2.82. The van der Waals surface area contributed by atoms with Crippen molar-refractivity contribution in [2.24, 2.45) is 12.8 Å². The van der Waals surface area contributed by atoms with Gasteiger partial charge in [-0.2, -0.15) is 0 Å². The van der Waals surface area contributed by atoms with E-state index in [1.54, 1.807) is 7.11 Å². The number of methoxy groups -OCH3 is 1. The van der Waals surface area contributed by atoms with Crippen molar-refractivity contribution in [3.8, 4) is 17.1 Å². The lowest BCUT2D eigenvalue weighted by Crippen LogP contribution is -2.10. The molecule has 0 radical (unpaired) electrons. The average Bonchev–Trinajstić information content (AvgIpc) is 2.71. The molecule has 0 aliphatic carbocycles. The highest BCUT2D eigenvalue weighted by Crippen LogP contribution is 2.24. The molecule has 90 valence electrons. The summed E-state index contributed by atoms with van der Waals surface area (Å²) in [5.41, 5.74) is 7.92. The van der Waals surface area contributed by atoms with Gasteiger partial charge in [-0.15, -0.1) is 0 Å². The number of hydrogen-bond donors (Lipinski definition) is 1. The lowest BCUT2D eigenvalue weighted by atomic mass is 10.2. The second-order valence-electron chi connectivity index (χ2n) is 4.09. The van der Waals surface area contributed by atoms with Gasteiger partial charge in [-0.1, -0.05) is 12.1 Å². The summed E-state index contributed by atoms with van der Waals surface area (Å²) in [5, 5.41) is 0. The van der Waals surface area contributed by atoms with Crippen LogP contribution in [0.15, 0.2) is 30.5 Å². The van der Waals surface area contributed by atoms with Crippen LogP contribution in [0, 0.1) is 0 Å². The molecule has 2 N–H and O–H groups in total. The molecule has 0 saturated heterocycles. The third-order valence-corrected chi connectivity index (χ3v) is 2.82. The normalized spacial score (nSPS) is 12.5. The number of nitrogens with zero attached hydrogens (tertiary/aromatic N) is 2. The van der Waals surface area contributed by atoms with Crippen LogP contribution in [-0.4, -0.2) is 16.7 Å². The van der Waals surface area contributed by atoms with Crippen LogP contribution in [-0.2, 0) is 7.05 Å². The second-order valence-corrected chi connectivity index (χ2v) is 4.09. The molecule has 1 aromatic heterocycles. The highest BCUT2D eigenvalue weighted by Gasteiger charge is 2.11. The number of benzene rings is 1. The third kappa shape index (κ3) is 2.17. The van der Waals surface area contributed by atoms with E-state index in [1.165, 1.54) is 0 Å². The summed E-state index contributed by atoms with van der Waals surface area (Å²) in [4.78, 5) is 4.41. The standard InChI is InChI=1S/C13H17N3O/c1-9(14)12-8-15-13(16(12)2)10-5-4-6-11(7-10)17-3/h4-9H,14H2,1-3H3. The Balaban J connectivity index is 2.46. The maximum atomic E-state index is 5.88. The molecule has 4 heteroatoms. The van der Waals surface area contributed by atoms with E-state index in [1.807, 2.05) is 49.0 Å². The van der Waals surface area contributed by atoms with Gasteiger partial charge in [-0.3, -0.25) is 0 Å². The molecule has 0 aliphatic heterocycles. The first-order chi connectivity index (χ1) is 8.13. The zero-order valence-electron chi connectivity index (χ0n) is 10.3. The fraction of sp³-hybridized carbons (Fsp3) is 0.308. The fourth-order valence-electron chi connectivity index (χ4n) is 1.88. The lowest BCUT2D eigenvalue weighted by Gasteiger charge is -2.09. The number of imidazole rings is 1. The first-order valence-corrected chi connectivity index (χ1v) is 5.55. The molecule has 2 rings (SSSR count). The fourth-order valence-corrected chi connectivity index (χ4v) is 1.88. The van der Waals surface area contributed by atoms with Crippen LogP contribution in [0.3, 0.4) is 0 Å². The Morgan fingerprint density at radius 1 is 1.41 bits per heavy atom. The Morgan fingerprint density at radius 2 is 2.18 bits per heavy atom. The Labute approximate surface area is 101 Å². The minimum Gasteiger partial charge on any atom is -0.497 e. The zero-order valence-corrected chi connectivity index (χ0v) is 10.3. The van der Waals surface area contributed by atoms with Crippen molar-refractivity contribution in [2.75, 3.05) is 7.11 Å². The molecule has 1 unspecified atom stereocenters. The van der Waals surface area contributed by atoms with Crippen LogP contribution < -0.4 is 10.5 Å². The number of nitrogens with two attached hydrogens (primary N) is 1. The molecule has 0 bridgehead atoms. The van der Waals surface area contributed by atoms with Crippen molar-refractivity contribution < 1.29 is 4.74 Å². The summed E-state index contributed by atoms with van der Waals surface area (Å²) in [6.45, 7) is 1.95. The molecule has 0 saturated carbocycles. The molecule has 0 aliphatic rings. The molecule has 0 fully saturated rings. The monoisotopic (exact) mass is 231 g/mol. The summed E-state index contributed by atoms with van der Waals surface area (Å²) in [6.07, 6.45) is 1.82. The van der Waals surface area contributed by atoms with Gasteiger partial charge < -0.3 is 15.0 Å². The first kappa shape index (κ1) is 11.7. The average molecular weight is 231 g/mol. The summed E-state index contributed by atoms with van der Waals surface area (Å²) in [7, 11) is 3.63. The van der Waals surface area contributed by atoms with Gasteiger partial charge in [0.15, 0.2) is 0 Å². The predicted octanol–water partition coefficient (Wildman–Crippen LogP) is 2.12. The summed E-state index contributed by atoms with van der Waals surface area (Å²) in [6, 6.07) is 7.82. The van der Waals surface area contributed by atoms with Crippen molar-refractivity contribution in [2.45, 2.75) is 13.0 Å². The highest BCUT2D eigenvalue weighted by molar-refractivity contribution is 5.58. The Kier molecular flexibility index (Phi) is 3.15. The maximum absolute atomic E-state index is 5.88. The van der Waals surface area contributed by atoms with Gasteiger partial charge in [0.2, 0.25) is 0 Å². The van der Waals surface area contributed by atoms with Crippen molar-refractivity contribution in [1.29, 1.82) is 0 Å². The van der Waals surface area contributed by atoms with E-state index in [0.717, 1.165) is 22.8 Å². The predicted molar refractivity (Wildman–Crippen MR) is 67.8 cm³/mol. The van der Waals surface area contributed by atoms with Crippen LogP contribution in [0.4, 0.5) is 0 Å². The van der Waals surface area contributed by atoms with Crippen LogP contribution >= 0.6 is 0 Å². The maximum Gasteiger partial charge on any atom is 0.140 e. The molecule has 17 heavy (non-hydrogen) atoms. The molecule has 0 spiro atoms. The Morgan fingerprint density at radius 3 is 2.76 bits per heavy atom. The number of hydrogen-bond acceptors (Lipinski definition) is 3. The van der Waals surface area contributed by atoms with Gasteiger partial charge in [0.1, 0.15) is 11.6 Å². The van der Waals surface area contributed by atoms with Crippen LogP contribution in [0.5, 0.6) is 5.75 Å². The molecular formula is C13H17N3O. The van der Waals surface area contributed by atoms with Gasteiger partial charge in [-0.05, 0) is 19.1 Å². The molecular weight excluding hydrogens is 214 g/mol. The van der Waals surface area contributed by atoms with E-state index < -0.39 is 0 Å². The minimum atomic E-state index is -0.0214. The van der Waals surface area contributed by atoms with Gasteiger partial charge in [0.05, 0.1) is 19.0 Å². The number of rotatable bonds is 3. The molecule has 1 heterocycles. The van der Waals surface area contributed by atoms with E-state index in [9.17, 15) is 0 Å². The molecule has 1 atom stereocenters. The molecule has 0 amide bonds. The Hall–Kier alpha value is -1.81. The second kappa shape index (κ2) is 4.59. The first-order valence-electron chi connectivity index (χ1n) is 5.55. The van der Waals surface area contributed by atoms with Crippen molar-refractivity contribution in [3.63, 3.8) is 0 Å². The van der Waals surface area contributed by atoms with Crippen LogP contribution in [0.1, 0.15) is 18.7 Å². The molecule has 1 aromatic carbocycles. The van der Waals surface area contributed by atoms with Crippen molar-refractivity contribution in [1.82, 2.24) is 9.55 Å². The van der Waals surface area contributed by atoms with Gasteiger partial charge in [-0.25, -0.2) is 4.98 Å². The molecule has 2 aromatic rings. The quantitative estimate of drug-likeness (QED) is 0.880. The molecule has 4 nitrogen and oxygen atoms in total. The number of ether oxygens (including phenoxy) is 1. The van der Waals surface area contributed by atoms with Crippen molar-refractivity contribution >= 4 is 0 Å².